The lowest BCUT2D eigenvalue weighted by Gasteiger charge is -2.01. The number of hydrogen-bond acceptors (Lipinski definition) is 3. The molecule has 0 aliphatic rings. The first-order valence-electron chi connectivity index (χ1n) is 5.61. The molecule has 0 radical (unpaired) electrons. The van der Waals surface area contributed by atoms with Gasteiger partial charge in [-0.3, -0.25) is 0 Å². The van der Waals surface area contributed by atoms with Gasteiger partial charge >= 0.3 is 0 Å². The largest absolute Gasteiger partial charge is 0.327 e. The maximum absolute atomic E-state index is 9.12. The van der Waals surface area contributed by atoms with Gasteiger partial charge in [0.05, 0.1) is 11.1 Å². The molecule has 88 valence electrons. The zero-order valence-electron chi connectivity index (χ0n) is 10.1. The molecule has 4 heteroatoms. The number of nitriles is 1. The van der Waals surface area contributed by atoms with E-state index in [-0.39, 0.29) is 0 Å². The summed E-state index contributed by atoms with van der Waals surface area (Å²) in [6, 6.07) is 7.89. The van der Waals surface area contributed by atoms with E-state index in [1.807, 2.05) is 23.7 Å². The summed E-state index contributed by atoms with van der Waals surface area (Å²) >= 11 is 1.67. The molecule has 0 fully saturated rings. The smallest absolute Gasteiger partial charge is 0.142 e. The Morgan fingerprint density at radius 2 is 2.17 bits per heavy atom. The minimum absolute atomic E-state index is 0.627. The Bertz CT molecular complexity index is 774. The van der Waals surface area contributed by atoms with Crippen LogP contribution in [-0.4, -0.2) is 9.55 Å². The fourth-order valence-corrected chi connectivity index (χ4v) is 2.96. The Labute approximate surface area is 109 Å². The number of hydrogen-bond donors (Lipinski definition) is 0. The summed E-state index contributed by atoms with van der Waals surface area (Å²) in [6.45, 7) is 2.08. The van der Waals surface area contributed by atoms with Crippen molar-refractivity contribution in [2.45, 2.75) is 6.92 Å². The number of aromatic nitrogens is 2. The van der Waals surface area contributed by atoms with E-state index in [1.54, 1.807) is 17.4 Å². The second-order valence-corrected chi connectivity index (χ2v) is 4.99. The molecule has 0 aliphatic carbocycles. The fraction of sp³-hybridized carbons (Fsp3) is 0.143. The monoisotopic (exact) mass is 253 g/mol. The molecule has 0 atom stereocenters. The average molecular weight is 253 g/mol. The van der Waals surface area contributed by atoms with E-state index in [9.17, 15) is 0 Å². The first-order valence-corrected chi connectivity index (χ1v) is 6.55. The third-order valence-electron chi connectivity index (χ3n) is 3.13. The van der Waals surface area contributed by atoms with Gasteiger partial charge in [-0.05, 0) is 30.0 Å². The molecule has 0 bridgehead atoms. The van der Waals surface area contributed by atoms with E-state index < -0.39 is 0 Å². The first-order chi connectivity index (χ1) is 8.72. The van der Waals surface area contributed by atoms with Crippen LogP contribution >= 0.6 is 11.3 Å². The third kappa shape index (κ3) is 1.45. The van der Waals surface area contributed by atoms with Gasteiger partial charge in [0.25, 0.3) is 0 Å². The van der Waals surface area contributed by atoms with Gasteiger partial charge in [0.2, 0.25) is 0 Å². The van der Waals surface area contributed by atoms with Gasteiger partial charge in [0, 0.05) is 18.0 Å². The molecule has 2 heterocycles. The van der Waals surface area contributed by atoms with Crippen LogP contribution in [0, 0.1) is 18.3 Å². The van der Waals surface area contributed by atoms with Crippen LogP contribution in [-0.2, 0) is 7.05 Å². The van der Waals surface area contributed by atoms with Crippen LogP contribution in [0.2, 0.25) is 0 Å². The number of nitrogens with zero attached hydrogens (tertiary/aromatic N) is 3. The maximum atomic E-state index is 9.12. The van der Waals surface area contributed by atoms with Crippen LogP contribution in [0.15, 0.2) is 29.0 Å². The van der Waals surface area contributed by atoms with Gasteiger partial charge < -0.3 is 4.57 Å². The highest BCUT2D eigenvalue weighted by molar-refractivity contribution is 7.08. The highest BCUT2D eigenvalue weighted by Gasteiger charge is 2.14. The molecule has 3 nitrogen and oxygen atoms in total. The molecular weight excluding hydrogens is 242 g/mol. The number of para-hydroxylation sites is 1. The van der Waals surface area contributed by atoms with E-state index >= 15 is 0 Å². The number of aryl methyl sites for hydroxylation is 2. The second-order valence-electron chi connectivity index (χ2n) is 4.25. The number of imidazole rings is 1. The van der Waals surface area contributed by atoms with Crippen molar-refractivity contribution in [1.29, 1.82) is 5.26 Å². The Balaban J connectivity index is 2.37. The van der Waals surface area contributed by atoms with Crippen LogP contribution in [0.5, 0.6) is 0 Å². The number of thiophene rings is 1. The van der Waals surface area contributed by atoms with E-state index in [1.165, 1.54) is 5.56 Å². The van der Waals surface area contributed by atoms with Gasteiger partial charge in [-0.25, -0.2) is 4.98 Å². The van der Waals surface area contributed by atoms with Crippen molar-refractivity contribution in [3.05, 3.63) is 40.1 Å². The topological polar surface area (TPSA) is 41.6 Å². The SMILES string of the molecule is Cc1cscc1-c1nc2c(C#N)cccc2n1C. The highest BCUT2D eigenvalue weighted by Crippen LogP contribution is 2.29. The molecule has 18 heavy (non-hydrogen) atoms. The van der Waals surface area contributed by atoms with Crippen LogP contribution in [0.1, 0.15) is 11.1 Å². The average Bonchev–Trinajstić information content (AvgIpc) is 2.93. The summed E-state index contributed by atoms with van der Waals surface area (Å²) in [7, 11) is 1.99. The maximum Gasteiger partial charge on any atom is 0.142 e. The minimum Gasteiger partial charge on any atom is -0.327 e. The van der Waals surface area contributed by atoms with Gasteiger partial charge in [0.1, 0.15) is 17.4 Å². The molecule has 0 saturated carbocycles. The number of fused-ring (bicyclic) bond motifs is 1. The summed E-state index contributed by atoms with van der Waals surface area (Å²) < 4.78 is 2.05. The zero-order chi connectivity index (χ0) is 12.7. The van der Waals surface area contributed by atoms with E-state index in [2.05, 4.69) is 28.7 Å². The molecule has 3 aromatic rings. The van der Waals surface area contributed by atoms with Crippen LogP contribution in [0.3, 0.4) is 0 Å². The second kappa shape index (κ2) is 3.97. The molecule has 0 spiro atoms. The van der Waals surface area contributed by atoms with E-state index in [4.69, 9.17) is 5.26 Å². The highest BCUT2D eigenvalue weighted by atomic mass is 32.1. The lowest BCUT2D eigenvalue weighted by atomic mass is 10.2. The standard InChI is InChI=1S/C14H11N3S/c1-9-7-18-8-11(9)14-16-13-10(6-15)4-3-5-12(13)17(14)2/h3-5,7-8H,1-2H3. The van der Waals surface area contributed by atoms with Crippen molar-refractivity contribution in [1.82, 2.24) is 9.55 Å². The van der Waals surface area contributed by atoms with Crippen molar-refractivity contribution >= 4 is 22.4 Å². The Morgan fingerprint density at radius 1 is 1.33 bits per heavy atom. The Hall–Kier alpha value is -2.12. The molecule has 0 unspecified atom stereocenters. The lowest BCUT2D eigenvalue weighted by molar-refractivity contribution is 0.959. The Kier molecular flexibility index (Phi) is 2.42. The molecular formula is C14H11N3S. The third-order valence-corrected chi connectivity index (χ3v) is 3.99. The molecule has 0 amide bonds. The summed E-state index contributed by atoms with van der Waals surface area (Å²) in [4.78, 5) is 4.63. The predicted octanol–water partition coefficient (Wildman–Crippen LogP) is 3.48. The van der Waals surface area contributed by atoms with E-state index in [0.717, 1.165) is 22.4 Å². The van der Waals surface area contributed by atoms with Crippen LogP contribution in [0.25, 0.3) is 22.4 Å². The van der Waals surface area contributed by atoms with Crippen molar-refractivity contribution in [2.24, 2.45) is 7.05 Å². The number of rotatable bonds is 1. The van der Waals surface area contributed by atoms with Crippen molar-refractivity contribution < 1.29 is 0 Å². The fourth-order valence-electron chi connectivity index (χ4n) is 2.14. The van der Waals surface area contributed by atoms with Crippen LogP contribution < -0.4 is 0 Å². The first kappa shape index (κ1) is 11.0. The van der Waals surface area contributed by atoms with Crippen molar-refractivity contribution in [2.75, 3.05) is 0 Å². The quantitative estimate of drug-likeness (QED) is 0.666. The summed E-state index contributed by atoms with van der Waals surface area (Å²) in [6.07, 6.45) is 0. The van der Waals surface area contributed by atoms with E-state index in [0.29, 0.717) is 5.56 Å². The van der Waals surface area contributed by atoms with Crippen molar-refractivity contribution in [3.8, 4) is 17.5 Å². The molecule has 2 aromatic heterocycles. The molecule has 0 aliphatic heterocycles. The summed E-state index contributed by atoms with van der Waals surface area (Å²) in [5, 5.41) is 13.3. The van der Waals surface area contributed by atoms with Crippen molar-refractivity contribution in [3.63, 3.8) is 0 Å². The Morgan fingerprint density at radius 3 is 2.83 bits per heavy atom. The van der Waals surface area contributed by atoms with Crippen LogP contribution in [0.4, 0.5) is 0 Å². The number of benzene rings is 1. The normalized spacial score (nSPS) is 10.7. The predicted molar refractivity (Wildman–Crippen MR) is 73.5 cm³/mol. The molecule has 1 aromatic carbocycles. The van der Waals surface area contributed by atoms with Gasteiger partial charge in [-0.15, -0.1) is 0 Å². The van der Waals surface area contributed by atoms with Gasteiger partial charge in [-0.2, -0.15) is 16.6 Å². The molecule has 3 rings (SSSR count). The zero-order valence-corrected chi connectivity index (χ0v) is 11.0. The van der Waals surface area contributed by atoms with Gasteiger partial charge in [0.15, 0.2) is 0 Å². The lowest BCUT2D eigenvalue weighted by Crippen LogP contribution is -1.92. The summed E-state index contributed by atoms with van der Waals surface area (Å²) in [5.74, 6) is 0.923. The summed E-state index contributed by atoms with van der Waals surface area (Å²) in [5.41, 5.74) is 4.76. The molecule has 0 N–H and O–H groups in total. The van der Waals surface area contributed by atoms with Gasteiger partial charge in [-0.1, -0.05) is 6.07 Å². The molecule has 0 saturated heterocycles. The minimum atomic E-state index is 0.627.